The Hall–Kier alpha value is -2.14. The van der Waals surface area contributed by atoms with Gasteiger partial charge in [0.25, 0.3) is 5.91 Å². The van der Waals surface area contributed by atoms with Gasteiger partial charge in [0.2, 0.25) is 0 Å². The molecule has 0 atom stereocenters. The molecule has 0 saturated carbocycles. The van der Waals surface area contributed by atoms with Crippen molar-refractivity contribution in [3.05, 3.63) is 64.2 Å². The lowest BCUT2D eigenvalue weighted by Gasteiger charge is -2.22. The number of benzene rings is 2. The van der Waals surface area contributed by atoms with E-state index < -0.39 is 9.84 Å². The van der Waals surface area contributed by atoms with Crippen molar-refractivity contribution in [1.29, 1.82) is 0 Å². The van der Waals surface area contributed by atoms with Gasteiger partial charge in [-0.3, -0.25) is 4.79 Å². The molecule has 4 nitrogen and oxygen atoms in total. The van der Waals surface area contributed by atoms with Gasteiger partial charge in [0, 0.05) is 18.4 Å². The number of aryl methyl sites for hydroxylation is 2. The predicted molar refractivity (Wildman–Crippen MR) is 110 cm³/mol. The van der Waals surface area contributed by atoms with Crippen molar-refractivity contribution in [1.82, 2.24) is 5.32 Å². The average molecular weight is 388 g/mol. The molecule has 1 N–H and O–H groups in total. The molecule has 0 spiro atoms. The summed E-state index contributed by atoms with van der Waals surface area (Å²) in [6.07, 6.45) is 1.87. The highest BCUT2D eigenvalue weighted by Gasteiger charge is 2.16. The number of sulfone groups is 1. The first-order chi connectivity index (χ1) is 12.4. The van der Waals surface area contributed by atoms with Gasteiger partial charge >= 0.3 is 0 Å². The quantitative estimate of drug-likeness (QED) is 0.844. The molecule has 0 radical (unpaired) electrons. The van der Waals surface area contributed by atoms with Crippen LogP contribution in [0.3, 0.4) is 0 Å². The molecular formula is C22H29NO3S. The largest absolute Gasteiger partial charge is 0.352 e. The number of carbonyl (C=O) groups excluding carboxylic acids is 1. The van der Waals surface area contributed by atoms with E-state index in [0.717, 1.165) is 12.7 Å². The number of nitrogens with one attached hydrogen (secondary N) is 1. The van der Waals surface area contributed by atoms with Crippen molar-refractivity contribution in [3.8, 4) is 0 Å². The fourth-order valence-electron chi connectivity index (χ4n) is 3.09. The molecule has 2 aromatic carbocycles. The highest BCUT2D eigenvalue weighted by molar-refractivity contribution is 7.90. The predicted octanol–water partition coefficient (Wildman–Crippen LogP) is 3.98. The van der Waals surface area contributed by atoms with E-state index in [1.54, 1.807) is 12.1 Å². The van der Waals surface area contributed by atoms with Gasteiger partial charge in [-0.25, -0.2) is 8.42 Å². The van der Waals surface area contributed by atoms with Gasteiger partial charge in [0.1, 0.15) is 0 Å². The van der Waals surface area contributed by atoms with Crippen LogP contribution in [0.25, 0.3) is 0 Å². The fourth-order valence-corrected chi connectivity index (χ4v) is 3.76. The van der Waals surface area contributed by atoms with Crippen LogP contribution in [-0.2, 0) is 21.7 Å². The molecule has 0 fully saturated rings. The third kappa shape index (κ3) is 5.42. The van der Waals surface area contributed by atoms with Crippen molar-refractivity contribution in [2.75, 3.05) is 12.8 Å². The minimum absolute atomic E-state index is 0.104. The zero-order valence-electron chi connectivity index (χ0n) is 17.0. The summed E-state index contributed by atoms with van der Waals surface area (Å²) in [4.78, 5) is 12.5. The van der Waals surface area contributed by atoms with E-state index in [1.165, 1.54) is 34.4 Å². The lowest BCUT2D eigenvalue weighted by Crippen LogP contribution is -2.26. The van der Waals surface area contributed by atoms with Crippen LogP contribution in [0.1, 0.15) is 53.4 Å². The van der Waals surface area contributed by atoms with E-state index in [0.29, 0.717) is 12.1 Å². The van der Waals surface area contributed by atoms with E-state index >= 15 is 0 Å². The summed E-state index contributed by atoms with van der Waals surface area (Å²) >= 11 is 0. The summed E-state index contributed by atoms with van der Waals surface area (Å²) in [5, 5.41) is 2.89. The summed E-state index contributed by atoms with van der Waals surface area (Å²) < 4.78 is 23.3. The maximum atomic E-state index is 12.4. The van der Waals surface area contributed by atoms with Crippen LogP contribution in [0, 0.1) is 13.8 Å². The molecule has 0 aliphatic carbocycles. The third-order valence-electron chi connectivity index (χ3n) is 4.75. The van der Waals surface area contributed by atoms with E-state index in [-0.39, 0.29) is 16.2 Å². The number of hydrogen-bond donors (Lipinski definition) is 1. The number of carbonyl (C=O) groups is 1. The van der Waals surface area contributed by atoms with Crippen LogP contribution >= 0.6 is 0 Å². The van der Waals surface area contributed by atoms with Crippen molar-refractivity contribution >= 4 is 15.7 Å². The summed E-state index contributed by atoms with van der Waals surface area (Å²) in [7, 11) is -3.33. The van der Waals surface area contributed by atoms with Crippen LogP contribution in [0.15, 0.2) is 41.3 Å². The van der Waals surface area contributed by atoms with Gasteiger partial charge < -0.3 is 5.32 Å². The Kier molecular flexibility index (Phi) is 6.15. The Labute approximate surface area is 162 Å². The molecule has 2 aromatic rings. The molecule has 0 aliphatic heterocycles. The molecule has 0 aromatic heterocycles. The van der Waals surface area contributed by atoms with Gasteiger partial charge in [0.15, 0.2) is 9.84 Å². The molecule has 0 bridgehead atoms. The summed E-state index contributed by atoms with van der Waals surface area (Å²) in [5.41, 5.74) is 5.47. The van der Waals surface area contributed by atoms with Crippen molar-refractivity contribution in [2.45, 2.75) is 51.3 Å². The topological polar surface area (TPSA) is 63.2 Å². The Bertz CT molecular complexity index is 931. The minimum atomic E-state index is -3.33. The molecule has 2 rings (SSSR count). The lowest BCUT2D eigenvalue weighted by atomic mass is 9.83. The molecule has 0 unspecified atom stereocenters. The van der Waals surface area contributed by atoms with Gasteiger partial charge in [-0.1, -0.05) is 39.0 Å². The Morgan fingerprint density at radius 2 is 1.63 bits per heavy atom. The second-order valence-corrected chi connectivity index (χ2v) is 10.2. The van der Waals surface area contributed by atoms with E-state index in [4.69, 9.17) is 0 Å². The Balaban J connectivity index is 2.08. The number of amides is 1. The van der Waals surface area contributed by atoms with E-state index in [1.807, 2.05) is 0 Å². The van der Waals surface area contributed by atoms with Gasteiger partial charge in [0.05, 0.1) is 4.90 Å². The van der Waals surface area contributed by atoms with Crippen LogP contribution in [0.4, 0.5) is 0 Å². The van der Waals surface area contributed by atoms with E-state index in [2.05, 4.69) is 52.1 Å². The second kappa shape index (κ2) is 7.85. The standard InChI is InChI=1S/C22H29NO3S/c1-15-12-18(22(3,4)5)13-16(2)20(15)10-11-23-21(24)17-8-7-9-19(14-17)27(6,25)26/h7-9,12-14H,10-11H2,1-6H3,(H,23,24). The Morgan fingerprint density at radius 3 is 2.15 bits per heavy atom. The Morgan fingerprint density at radius 1 is 1.04 bits per heavy atom. The SMILES string of the molecule is Cc1cc(C(C)(C)C)cc(C)c1CCNC(=O)c1cccc(S(C)(=O)=O)c1. The maximum Gasteiger partial charge on any atom is 0.251 e. The lowest BCUT2D eigenvalue weighted by molar-refractivity contribution is 0.0954. The van der Waals surface area contributed by atoms with Gasteiger partial charge in [-0.15, -0.1) is 0 Å². The van der Waals surface area contributed by atoms with Gasteiger partial charge in [-0.05, 0) is 66.1 Å². The number of hydrogen-bond acceptors (Lipinski definition) is 3. The van der Waals surface area contributed by atoms with E-state index in [9.17, 15) is 13.2 Å². The highest BCUT2D eigenvalue weighted by Crippen LogP contribution is 2.27. The third-order valence-corrected chi connectivity index (χ3v) is 5.86. The monoisotopic (exact) mass is 387 g/mol. The first-order valence-corrected chi connectivity index (χ1v) is 11.0. The molecule has 0 saturated heterocycles. The minimum Gasteiger partial charge on any atom is -0.352 e. The molecule has 27 heavy (non-hydrogen) atoms. The second-order valence-electron chi connectivity index (χ2n) is 8.14. The molecule has 146 valence electrons. The van der Waals surface area contributed by atoms with Crippen LogP contribution < -0.4 is 5.32 Å². The molecule has 0 aliphatic rings. The first kappa shape index (κ1) is 21.2. The first-order valence-electron chi connectivity index (χ1n) is 9.08. The average Bonchev–Trinajstić information content (AvgIpc) is 2.55. The van der Waals surface area contributed by atoms with Gasteiger partial charge in [-0.2, -0.15) is 0 Å². The normalized spacial score (nSPS) is 12.1. The van der Waals surface area contributed by atoms with Crippen LogP contribution in [0.2, 0.25) is 0 Å². The molecule has 0 heterocycles. The van der Waals surface area contributed by atoms with Crippen molar-refractivity contribution in [3.63, 3.8) is 0 Å². The maximum absolute atomic E-state index is 12.4. The highest BCUT2D eigenvalue weighted by atomic mass is 32.2. The zero-order valence-corrected chi connectivity index (χ0v) is 17.8. The van der Waals surface area contributed by atoms with Crippen LogP contribution in [-0.4, -0.2) is 27.1 Å². The van der Waals surface area contributed by atoms with Crippen LogP contribution in [0.5, 0.6) is 0 Å². The summed E-state index contributed by atoms with van der Waals surface area (Å²) in [6, 6.07) is 10.6. The zero-order chi connectivity index (χ0) is 20.4. The molecule has 5 heteroatoms. The smallest absolute Gasteiger partial charge is 0.251 e. The van der Waals surface area contributed by atoms with Crippen molar-refractivity contribution < 1.29 is 13.2 Å². The number of rotatable bonds is 5. The fraction of sp³-hybridized carbons (Fsp3) is 0.409. The van der Waals surface area contributed by atoms with Crippen molar-refractivity contribution in [2.24, 2.45) is 0 Å². The molecule has 1 amide bonds. The summed E-state index contributed by atoms with van der Waals surface area (Å²) in [5.74, 6) is -0.262. The molecular weight excluding hydrogens is 358 g/mol. The summed E-state index contributed by atoms with van der Waals surface area (Å²) in [6.45, 7) is 11.3.